The number of aromatic nitrogens is 1. The molecule has 20 heavy (non-hydrogen) atoms. The van der Waals surface area contributed by atoms with Gasteiger partial charge < -0.3 is 10.1 Å². The number of para-hydroxylation sites is 1. The minimum atomic E-state index is -0.317. The summed E-state index contributed by atoms with van der Waals surface area (Å²) in [5.41, 5.74) is 2.21. The van der Waals surface area contributed by atoms with Gasteiger partial charge in [0.25, 0.3) is 0 Å². The molecule has 0 unspecified atom stereocenters. The summed E-state index contributed by atoms with van der Waals surface area (Å²) in [4.78, 5) is 15.6. The molecule has 4 heteroatoms. The summed E-state index contributed by atoms with van der Waals surface area (Å²) in [5, 5.41) is 10.5. The van der Waals surface area contributed by atoms with Crippen molar-refractivity contribution in [2.45, 2.75) is 6.61 Å². The number of aliphatic hydroxyl groups is 1. The Hall–Kier alpha value is -2.10. The van der Waals surface area contributed by atoms with Crippen molar-refractivity contribution in [3.63, 3.8) is 0 Å². The zero-order chi connectivity index (χ0) is 14.1. The van der Waals surface area contributed by atoms with Crippen LogP contribution in [0.1, 0.15) is 5.56 Å². The van der Waals surface area contributed by atoms with Crippen LogP contribution in [0.2, 0.25) is 5.02 Å². The van der Waals surface area contributed by atoms with Gasteiger partial charge in [0, 0.05) is 10.9 Å². The number of halogens is 1. The highest BCUT2D eigenvalue weighted by atomic mass is 35.5. The summed E-state index contributed by atoms with van der Waals surface area (Å²) < 4.78 is 0. The number of fused-ring (bicyclic) bond motifs is 1. The predicted octanol–water partition coefficient (Wildman–Crippen LogP) is 3.34. The van der Waals surface area contributed by atoms with Crippen LogP contribution in [-0.2, 0) is 6.61 Å². The highest BCUT2D eigenvalue weighted by molar-refractivity contribution is 6.35. The third kappa shape index (κ3) is 2.01. The van der Waals surface area contributed by atoms with E-state index in [1.807, 2.05) is 30.3 Å². The first-order valence-electron chi connectivity index (χ1n) is 6.22. The summed E-state index contributed by atoms with van der Waals surface area (Å²) in [5.74, 6) is 0. The van der Waals surface area contributed by atoms with Crippen LogP contribution in [0.4, 0.5) is 0 Å². The molecule has 3 rings (SSSR count). The SMILES string of the molecule is O=c1c(CO)c(-c2ccccc2)[nH]c2c(Cl)cccc12. The lowest BCUT2D eigenvalue weighted by Crippen LogP contribution is -2.13. The third-order valence-corrected chi connectivity index (χ3v) is 3.62. The Balaban J connectivity index is 2.43. The summed E-state index contributed by atoms with van der Waals surface area (Å²) in [6.07, 6.45) is 0. The van der Waals surface area contributed by atoms with Crippen LogP contribution >= 0.6 is 11.6 Å². The summed E-state index contributed by atoms with van der Waals surface area (Å²) in [7, 11) is 0. The van der Waals surface area contributed by atoms with E-state index < -0.39 is 0 Å². The van der Waals surface area contributed by atoms with Gasteiger partial charge in [-0.3, -0.25) is 4.79 Å². The number of aliphatic hydroxyl groups excluding tert-OH is 1. The number of hydrogen-bond acceptors (Lipinski definition) is 2. The van der Waals surface area contributed by atoms with E-state index in [2.05, 4.69) is 4.98 Å². The van der Waals surface area contributed by atoms with E-state index in [0.29, 0.717) is 27.2 Å². The average molecular weight is 286 g/mol. The Kier molecular flexibility index (Phi) is 3.30. The van der Waals surface area contributed by atoms with Crippen molar-refractivity contribution in [3.8, 4) is 11.3 Å². The Bertz CT molecular complexity index is 825. The van der Waals surface area contributed by atoms with Crippen molar-refractivity contribution in [2.24, 2.45) is 0 Å². The molecule has 0 amide bonds. The van der Waals surface area contributed by atoms with Crippen LogP contribution < -0.4 is 5.43 Å². The Morgan fingerprint density at radius 3 is 2.50 bits per heavy atom. The third-order valence-electron chi connectivity index (χ3n) is 3.30. The Labute approximate surface area is 120 Å². The largest absolute Gasteiger partial charge is 0.391 e. The monoisotopic (exact) mass is 285 g/mol. The fraction of sp³-hybridized carbons (Fsp3) is 0.0625. The lowest BCUT2D eigenvalue weighted by molar-refractivity contribution is 0.281. The summed E-state index contributed by atoms with van der Waals surface area (Å²) >= 11 is 6.15. The van der Waals surface area contributed by atoms with Crippen LogP contribution in [0, 0.1) is 0 Å². The second-order valence-electron chi connectivity index (χ2n) is 4.49. The molecule has 0 aliphatic carbocycles. The molecule has 0 fully saturated rings. The number of rotatable bonds is 2. The van der Waals surface area contributed by atoms with Gasteiger partial charge in [-0.15, -0.1) is 0 Å². The van der Waals surface area contributed by atoms with E-state index in [0.717, 1.165) is 5.56 Å². The van der Waals surface area contributed by atoms with E-state index in [1.54, 1.807) is 18.2 Å². The van der Waals surface area contributed by atoms with E-state index in [-0.39, 0.29) is 12.0 Å². The molecule has 2 N–H and O–H groups in total. The first-order valence-corrected chi connectivity index (χ1v) is 6.60. The summed E-state index contributed by atoms with van der Waals surface area (Å²) in [6.45, 7) is -0.317. The topological polar surface area (TPSA) is 53.1 Å². The van der Waals surface area contributed by atoms with Crippen molar-refractivity contribution in [1.29, 1.82) is 0 Å². The number of benzene rings is 2. The van der Waals surface area contributed by atoms with Crippen LogP contribution in [0.25, 0.3) is 22.2 Å². The van der Waals surface area contributed by atoms with Gasteiger partial charge >= 0.3 is 0 Å². The summed E-state index contributed by atoms with van der Waals surface area (Å²) in [6, 6.07) is 14.6. The molecule has 0 radical (unpaired) electrons. The van der Waals surface area contributed by atoms with E-state index in [9.17, 15) is 9.90 Å². The zero-order valence-corrected chi connectivity index (χ0v) is 11.3. The van der Waals surface area contributed by atoms with Gasteiger partial charge in [-0.1, -0.05) is 48.0 Å². The van der Waals surface area contributed by atoms with Gasteiger partial charge in [-0.25, -0.2) is 0 Å². The molecule has 0 saturated carbocycles. The number of pyridine rings is 1. The zero-order valence-electron chi connectivity index (χ0n) is 10.6. The minimum absolute atomic E-state index is 0.192. The molecule has 0 saturated heterocycles. The molecule has 0 bridgehead atoms. The van der Waals surface area contributed by atoms with Crippen molar-refractivity contribution in [2.75, 3.05) is 0 Å². The predicted molar refractivity (Wildman–Crippen MR) is 80.9 cm³/mol. The van der Waals surface area contributed by atoms with Gasteiger partial charge in [-0.05, 0) is 17.7 Å². The quantitative estimate of drug-likeness (QED) is 0.759. The fourth-order valence-corrected chi connectivity index (χ4v) is 2.54. The second-order valence-corrected chi connectivity index (χ2v) is 4.90. The molecule has 3 aromatic rings. The maximum absolute atomic E-state index is 12.5. The number of hydrogen-bond donors (Lipinski definition) is 2. The maximum atomic E-state index is 12.5. The molecule has 3 nitrogen and oxygen atoms in total. The Morgan fingerprint density at radius 2 is 1.80 bits per heavy atom. The smallest absolute Gasteiger partial charge is 0.195 e. The first kappa shape index (κ1) is 12.9. The van der Waals surface area contributed by atoms with Crippen molar-refractivity contribution >= 4 is 22.5 Å². The first-order chi connectivity index (χ1) is 9.72. The Morgan fingerprint density at radius 1 is 1.05 bits per heavy atom. The van der Waals surface area contributed by atoms with Gasteiger partial charge in [0.05, 0.1) is 22.8 Å². The highest BCUT2D eigenvalue weighted by Crippen LogP contribution is 2.26. The lowest BCUT2D eigenvalue weighted by atomic mass is 10.0. The van der Waals surface area contributed by atoms with Gasteiger partial charge in [0.2, 0.25) is 0 Å². The molecular formula is C16H12ClNO2. The molecule has 0 aliphatic heterocycles. The van der Waals surface area contributed by atoms with Gasteiger partial charge in [0.15, 0.2) is 5.43 Å². The molecular weight excluding hydrogens is 274 g/mol. The molecule has 0 atom stereocenters. The van der Waals surface area contributed by atoms with E-state index in [1.165, 1.54) is 0 Å². The molecule has 1 heterocycles. The molecule has 2 aromatic carbocycles. The number of H-pyrrole nitrogens is 1. The molecule has 0 aliphatic rings. The lowest BCUT2D eigenvalue weighted by Gasteiger charge is -2.10. The fourth-order valence-electron chi connectivity index (χ4n) is 2.32. The van der Waals surface area contributed by atoms with Crippen LogP contribution in [0.3, 0.4) is 0 Å². The molecule has 0 spiro atoms. The standard InChI is InChI=1S/C16H12ClNO2/c17-13-8-4-7-11-15(13)18-14(12(9-19)16(11)20)10-5-2-1-3-6-10/h1-8,19H,9H2,(H,18,20). The number of aromatic amines is 1. The van der Waals surface area contributed by atoms with Crippen molar-refractivity contribution < 1.29 is 5.11 Å². The van der Waals surface area contributed by atoms with Gasteiger partial charge in [-0.2, -0.15) is 0 Å². The van der Waals surface area contributed by atoms with Crippen molar-refractivity contribution in [3.05, 3.63) is 69.3 Å². The second kappa shape index (κ2) is 5.12. The highest BCUT2D eigenvalue weighted by Gasteiger charge is 2.13. The minimum Gasteiger partial charge on any atom is -0.391 e. The van der Waals surface area contributed by atoms with E-state index in [4.69, 9.17) is 11.6 Å². The normalized spacial score (nSPS) is 10.9. The maximum Gasteiger partial charge on any atom is 0.195 e. The van der Waals surface area contributed by atoms with Crippen LogP contribution in [0.15, 0.2) is 53.3 Å². The van der Waals surface area contributed by atoms with E-state index >= 15 is 0 Å². The van der Waals surface area contributed by atoms with Crippen LogP contribution in [-0.4, -0.2) is 10.1 Å². The molecule has 1 aromatic heterocycles. The number of nitrogens with one attached hydrogen (secondary N) is 1. The van der Waals surface area contributed by atoms with Gasteiger partial charge in [0.1, 0.15) is 0 Å². The van der Waals surface area contributed by atoms with Crippen LogP contribution in [0.5, 0.6) is 0 Å². The van der Waals surface area contributed by atoms with Crippen molar-refractivity contribution in [1.82, 2.24) is 4.98 Å². The average Bonchev–Trinajstić information content (AvgIpc) is 2.49. The molecule has 100 valence electrons.